The number of nitrogens with zero attached hydrogens (tertiary/aromatic N) is 3. The Hall–Kier alpha value is -3.13. The van der Waals surface area contributed by atoms with E-state index >= 15 is 0 Å². The molecule has 0 radical (unpaired) electrons. The molecule has 7 nitrogen and oxygen atoms in total. The lowest BCUT2D eigenvalue weighted by Crippen LogP contribution is -2.55. The molecule has 3 atom stereocenters. The molecular weight excluding hydrogens is 486 g/mol. The van der Waals surface area contributed by atoms with Gasteiger partial charge in [-0.3, -0.25) is 9.59 Å². The summed E-state index contributed by atoms with van der Waals surface area (Å²) in [7, 11) is 5.20. The van der Waals surface area contributed by atoms with Crippen molar-refractivity contribution in [2.45, 2.75) is 30.6 Å². The van der Waals surface area contributed by atoms with Crippen molar-refractivity contribution in [1.29, 1.82) is 0 Å². The van der Waals surface area contributed by atoms with Crippen LogP contribution >= 0.6 is 11.8 Å². The number of anilines is 1. The van der Waals surface area contributed by atoms with E-state index in [-0.39, 0.29) is 23.8 Å². The third-order valence-electron chi connectivity index (χ3n) is 7.83. The van der Waals surface area contributed by atoms with Crippen molar-refractivity contribution in [1.82, 2.24) is 9.80 Å². The Morgan fingerprint density at radius 1 is 0.973 bits per heavy atom. The number of ether oxygens (including phenoxy) is 2. The number of benzene rings is 2. The summed E-state index contributed by atoms with van der Waals surface area (Å²) in [6, 6.07) is 15.9. The molecular formula is C29H35N3O4S. The third kappa shape index (κ3) is 5.44. The van der Waals surface area contributed by atoms with E-state index < -0.39 is 0 Å². The van der Waals surface area contributed by atoms with Crippen LogP contribution in [0.5, 0.6) is 11.5 Å². The van der Waals surface area contributed by atoms with Crippen LogP contribution in [0.3, 0.4) is 0 Å². The Morgan fingerprint density at radius 3 is 2.41 bits per heavy atom. The summed E-state index contributed by atoms with van der Waals surface area (Å²) in [4.78, 5) is 33.7. The average molecular weight is 522 g/mol. The molecule has 0 bridgehead atoms. The normalized spacial score (nSPS) is 25.2. The third-order valence-corrected chi connectivity index (χ3v) is 9.23. The maximum atomic E-state index is 13.5. The highest BCUT2D eigenvalue weighted by Crippen LogP contribution is 2.43. The monoisotopic (exact) mass is 521 g/mol. The summed E-state index contributed by atoms with van der Waals surface area (Å²) in [5, 5.41) is 0.315. The van der Waals surface area contributed by atoms with Gasteiger partial charge >= 0.3 is 0 Å². The lowest BCUT2D eigenvalue weighted by molar-refractivity contribution is -0.139. The van der Waals surface area contributed by atoms with Gasteiger partial charge in [-0.05, 0) is 67.3 Å². The molecule has 2 aliphatic heterocycles. The molecule has 2 aromatic carbocycles. The Bertz CT molecular complexity index is 1160. The molecule has 5 rings (SSSR count). The van der Waals surface area contributed by atoms with Crippen LogP contribution in [0, 0.1) is 5.92 Å². The van der Waals surface area contributed by atoms with Crippen molar-refractivity contribution in [3.05, 3.63) is 59.0 Å². The number of carbonyl (C=O) groups excluding carboxylic acids is 2. The van der Waals surface area contributed by atoms with E-state index in [9.17, 15) is 9.59 Å². The zero-order valence-corrected chi connectivity index (χ0v) is 22.6. The van der Waals surface area contributed by atoms with Gasteiger partial charge in [0.25, 0.3) is 5.91 Å². The van der Waals surface area contributed by atoms with Crippen LogP contribution in [-0.2, 0) is 9.59 Å². The second-order valence-electron chi connectivity index (χ2n) is 9.95. The predicted molar refractivity (Wildman–Crippen MR) is 148 cm³/mol. The van der Waals surface area contributed by atoms with Crippen LogP contribution in [0.15, 0.2) is 53.4 Å². The maximum absolute atomic E-state index is 13.5. The minimum Gasteiger partial charge on any atom is -0.497 e. The van der Waals surface area contributed by atoms with E-state index in [1.54, 1.807) is 26.0 Å². The standard InChI is InChI=1S/C29H35N3O4S/c1-30-25-19-21(28(33)32-15-13-31(14-16-32)22-8-10-23(35-2)11-9-22)7-12-26(25)37-27(29(30)34)18-20-5-4-6-24(17-20)36-3/h4-6,8-11,17-18,21,25-26H,7,12-16,19H2,1-3H3/b27-18-. The summed E-state index contributed by atoms with van der Waals surface area (Å²) in [6.45, 7) is 3.10. The van der Waals surface area contributed by atoms with E-state index in [0.29, 0.717) is 5.25 Å². The molecule has 196 valence electrons. The fraction of sp³-hybridized carbons (Fsp3) is 0.448. The molecule has 2 aromatic rings. The fourth-order valence-electron chi connectivity index (χ4n) is 5.64. The second-order valence-corrected chi connectivity index (χ2v) is 11.2. The van der Waals surface area contributed by atoms with Crippen molar-refractivity contribution in [3.8, 4) is 11.5 Å². The summed E-state index contributed by atoms with van der Waals surface area (Å²) in [5.41, 5.74) is 2.12. The van der Waals surface area contributed by atoms with Crippen LogP contribution in [0.25, 0.3) is 6.08 Å². The van der Waals surface area contributed by atoms with E-state index in [4.69, 9.17) is 9.47 Å². The quantitative estimate of drug-likeness (QED) is 0.552. The largest absolute Gasteiger partial charge is 0.497 e. The maximum Gasteiger partial charge on any atom is 0.260 e. The second kappa shape index (κ2) is 11.1. The highest BCUT2D eigenvalue weighted by atomic mass is 32.2. The minimum absolute atomic E-state index is 0.0199. The molecule has 3 aliphatic rings. The molecule has 2 saturated heterocycles. The van der Waals surface area contributed by atoms with Gasteiger partial charge in [-0.2, -0.15) is 0 Å². The number of likely N-dealkylation sites (N-methyl/N-ethyl adjacent to an activating group) is 1. The molecule has 2 amide bonds. The van der Waals surface area contributed by atoms with Crippen molar-refractivity contribution >= 4 is 35.3 Å². The number of carbonyl (C=O) groups is 2. The van der Waals surface area contributed by atoms with Gasteiger partial charge in [0, 0.05) is 56.1 Å². The Kier molecular flexibility index (Phi) is 7.65. The first-order valence-electron chi connectivity index (χ1n) is 12.9. The molecule has 8 heteroatoms. The van der Waals surface area contributed by atoms with E-state index in [2.05, 4.69) is 17.0 Å². The zero-order chi connectivity index (χ0) is 25.9. The van der Waals surface area contributed by atoms with Crippen molar-refractivity contribution in [2.75, 3.05) is 52.3 Å². The van der Waals surface area contributed by atoms with Crippen LogP contribution in [0.4, 0.5) is 5.69 Å². The highest BCUT2D eigenvalue weighted by Gasteiger charge is 2.43. The number of hydrogen-bond acceptors (Lipinski definition) is 6. The van der Waals surface area contributed by atoms with Crippen LogP contribution in [0.2, 0.25) is 0 Å². The van der Waals surface area contributed by atoms with Gasteiger partial charge in [0.05, 0.1) is 19.1 Å². The number of fused-ring (bicyclic) bond motifs is 1. The molecule has 37 heavy (non-hydrogen) atoms. The van der Waals surface area contributed by atoms with Crippen molar-refractivity contribution in [2.24, 2.45) is 5.92 Å². The Labute approximate surface area is 223 Å². The summed E-state index contributed by atoms with van der Waals surface area (Å²) < 4.78 is 10.6. The highest BCUT2D eigenvalue weighted by molar-refractivity contribution is 8.04. The predicted octanol–water partition coefficient (Wildman–Crippen LogP) is 4.14. The van der Waals surface area contributed by atoms with Gasteiger partial charge < -0.3 is 24.2 Å². The average Bonchev–Trinajstić information content (AvgIpc) is 2.95. The molecule has 1 aliphatic carbocycles. The van der Waals surface area contributed by atoms with Gasteiger partial charge in [0.2, 0.25) is 5.91 Å². The van der Waals surface area contributed by atoms with Crippen LogP contribution in [-0.4, -0.2) is 80.4 Å². The van der Waals surface area contributed by atoms with E-state index in [1.165, 1.54) is 0 Å². The first-order valence-corrected chi connectivity index (χ1v) is 13.8. The summed E-state index contributed by atoms with van der Waals surface area (Å²) >= 11 is 1.67. The van der Waals surface area contributed by atoms with Crippen LogP contribution < -0.4 is 14.4 Å². The molecule has 0 spiro atoms. The van der Waals surface area contributed by atoms with Crippen molar-refractivity contribution in [3.63, 3.8) is 0 Å². The molecule has 3 unspecified atom stereocenters. The zero-order valence-electron chi connectivity index (χ0n) is 21.8. The Balaban J connectivity index is 1.19. The first-order chi connectivity index (χ1) is 18.0. The number of rotatable bonds is 5. The lowest BCUT2D eigenvalue weighted by atomic mass is 9.83. The van der Waals surface area contributed by atoms with E-state index in [0.717, 1.165) is 73.1 Å². The molecule has 2 heterocycles. The molecule has 1 saturated carbocycles. The minimum atomic E-state index is -0.0199. The van der Waals surface area contributed by atoms with Gasteiger partial charge in [0.15, 0.2) is 0 Å². The summed E-state index contributed by atoms with van der Waals surface area (Å²) in [5.74, 6) is 1.89. The topological polar surface area (TPSA) is 62.3 Å². The van der Waals surface area contributed by atoms with Gasteiger partial charge in [-0.15, -0.1) is 11.8 Å². The molecule has 0 aromatic heterocycles. The van der Waals surface area contributed by atoms with Crippen molar-refractivity contribution < 1.29 is 19.1 Å². The Morgan fingerprint density at radius 2 is 1.70 bits per heavy atom. The van der Waals surface area contributed by atoms with Gasteiger partial charge in [0.1, 0.15) is 11.5 Å². The van der Waals surface area contributed by atoms with Gasteiger partial charge in [-0.1, -0.05) is 12.1 Å². The number of methoxy groups -OCH3 is 2. The summed E-state index contributed by atoms with van der Waals surface area (Å²) in [6.07, 6.45) is 4.51. The van der Waals surface area contributed by atoms with E-state index in [1.807, 2.05) is 59.3 Å². The fourth-order valence-corrected chi connectivity index (χ4v) is 7.12. The lowest BCUT2D eigenvalue weighted by Gasteiger charge is -2.45. The molecule has 0 N–H and O–H groups in total. The molecule has 3 fully saturated rings. The number of amides is 2. The number of thioether (sulfide) groups is 1. The SMILES string of the molecule is COc1ccc(N2CCN(C(=O)C3CCC4S/C(=C\c5cccc(OC)c5)C(=O)N(C)C4C3)CC2)cc1. The number of hydrogen-bond donors (Lipinski definition) is 0. The first kappa shape index (κ1) is 25.5. The van der Waals surface area contributed by atoms with Gasteiger partial charge in [-0.25, -0.2) is 0 Å². The number of piperazine rings is 1. The van der Waals surface area contributed by atoms with Crippen LogP contribution in [0.1, 0.15) is 24.8 Å². The smallest absolute Gasteiger partial charge is 0.260 e.